The third-order valence-corrected chi connectivity index (χ3v) is 4.26. The fraction of sp³-hybridized carbons (Fsp3) is 0.462. The van der Waals surface area contributed by atoms with Crippen LogP contribution in [-0.4, -0.2) is 21.5 Å². The van der Waals surface area contributed by atoms with Gasteiger partial charge in [-0.2, -0.15) is 0 Å². The number of nitrogens with zero attached hydrogens (tertiary/aromatic N) is 3. The van der Waals surface area contributed by atoms with Gasteiger partial charge in [-0.3, -0.25) is 0 Å². The molecule has 4 nitrogen and oxygen atoms in total. The van der Waals surface area contributed by atoms with Gasteiger partial charge < -0.3 is 5.32 Å². The predicted molar refractivity (Wildman–Crippen MR) is 79.0 cm³/mol. The number of aromatic nitrogens is 3. The van der Waals surface area contributed by atoms with Crippen molar-refractivity contribution >= 4 is 28.8 Å². The van der Waals surface area contributed by atoms with Crippen LogP contribution in [0.15, 0.2) is 6.20 Å². The maximum atomic E-state index is 5.94. The third kappa shape index (κ3) is 2.58. The molecule has 3 rings (SSSR count). The Labute approximate surface area is 121 Å². The molecule has 0 spiro atoms. The summed E-state index contributed by atoms with van der Waals surface area (Å²) in [6.45, 7) is 3.08. The minimum atomic E-state index is 0.669. The Balaban J connectivity index is 2.02. The molecule has 1 N–H and O–H groups in total. The fourth-order valence-corrected chi connectivity index (χ4v) is 3.12. The van der Waals surface area contributed by atoms with E-state index in [9.17, 15) is 0 Å². The molecule has 1 aliphatic carbocycles. The Morgan fingerprint density at radius 2 is 2.26 bits per heavy atom. The van der Waals surface area contributed by atoms with Crippen LogP contribution in [0.5, 0.6) is 0 Å². The number of fused-ring (bicyclic) bond motifs is 1. The lowest BCUT2D eigenvalue weighted by atomic mass is 10.2. The summed E-state index contributed by atoms with van der Waals surface area (Å²) in [5.74, 6) is 1.67. The van der Waals surface area contributed by atoms with Crippen molar-refractivity contribution in [2.75, 3.05) is 11.9 Å². The third-order valence-electron chi connectivity index (χ3n) is 3.14. The van der Waals surface area contributed by atoms with Gasteiger partial charge in [-0.25, -0.2) is 15.0 Å². The van der Waals surface area contributed by atoms with Gasteiger partial charge in [-0.1, -0.05) is 29.9 Å². The van der Waals surface area contributed by atoms with E-state index in [1.165, 1.54) is 16.9 Å². The summed E-state index contributed by atoms with van der Waals surface area (Å²) >= 11 is 7.36. The number of halogens is 1. The second-order valence-corrected chi connectivity index (χ2v) is 6.23. The molecule has 0 bridgehead atoms. The van der Waals surface area contributed by atoms with Crippen LogP contribution in [-0.2, 0) is 12.8 Å². The molecule has 2 aromatic rings. The van der Waals surface area contributed by atoms with Crippen molar-refractivity contribution < 1.29 is 0 Å². The average Bonchev–Trinajstić information content (AvgIpc) is 3.03. The summed E-state index contributed by atoms with van der Waals surface area (Å²) in [5.41, 5.74) is 2.44. The van der Waals surface area contributed by atoms with Gasteiger partial charge in [-0.15, -0.1) is 0 Å². The Morgan fingerprint density at radius 1 is 1.37 bits per heavy atom. The molecule has 1 aliphatic rings. The summed E-state index contributed by atoms with van der Waals surface area (Å²) in [6.07, 6.45) is 5.99. The fourth-order valence-electron chi connectivity index (χ4n) is 2.28. The molecule has 0 fully saturated rings. The van der Waals surface area contributed by atoms with Crippen molar-refractivity contribution in [2.45, 2.75) is 32.6 Å². The van der Waals surface area contributed by atoms with E-state index in [0.29, 0.717) is 10.2 Å². The molecule has 0 amide bonds. The summed E-state index contributed by atoms with van der Waals surface area (Å²) < 4.78 is 0.669. The highest BCUT2D eigenvalue weighted by atomic mass is 35.5. The van der Waals surface area contributed by atoms with Gasteiger partial charge in [0.15, 0.2) is 10.8 Å². The lowest BCUT2D eigenvalue weighted by Gasteiger charge is -2.10. The van der Waals surface area contributed by atoms with Gasteiger partial charge >= 0.3 is 0 Å². The molecule has 0 aliphatic heterocycles. The van der Waals surface area contributed by atoms with E-state index < -0.39 is 0 Å². The summed E-state index contributed by atoms with van der Waals surface area (Å²) in [4.78, 5) is 13.5. The van der Waals surface area contributed by atoms with Crippen LogP contribution in [0.1, 0.15) is 31.0 Å². The molecule has 6 heteroatoms. The molecule has 0 saturated heterocycles. The first kappa shape index (κ1) is 12.8. The van der Waals surface area contributed by atoms with E-state index in [2.05, 4.69) is 27.2 Å². The maximum Gasteiger partial charge on any atom is 0.190 e. The van der Waals surface area contributed by atoms with Crippen LogP contribution < -0.4 is 5.32 Å². The Bertz CT molecular complexity index is 596. The highest BCUT2D eigenvalue weighted by molar-refractivity contribution is 7.18. The van der Waals surface area contributed by atoms with Crippen molar-refractivity contribution in [2.24, 2.45) is 0 Å². The molecule has 0 radical (unpaired) electrons. The topological polar surface area (TPSA) is 50.7 Å². The van der Waals surface area contributed by atoms with E-state index in [0.717, 1.165) is 48.7 Å². The van der Waals surface area contributed by atoms with E-state index >= 15 is 0 Å². The highest BCUT2D eigenvalue weighted by Crippen LogP contribution is 2.31. The highest BCUT2D eigenvalue weighted by Gasteiger charge is 2.20. The van der Waals surface area contributed by atoms with Crippen LogP contribution >= 0.6 is 22.9 Å². The van der Waals surface area contributed by atoms with Crippen molar-refractivity contribution in [1.82, 2.24) is 15.0 Å². The molecular weight excluding hydrogens is 280 g/mol. The number of rotatable bonds is 4. The SMILES string of the molecule is CCCNc1nc(-c2ncc(Cl)s2)nc2c1CCC2. The van der Waals surface area contributed by atoms with Crippen LogP contribution in [0.25, 0.3) is 10.8 Å². The Morgan fingerprint density at radius 3 is 3.00 bits per heavy atom. The minimum Gasteiger partial charge on any atom is -0.370 e. The number of hydrogen-bond acceptors (Lipinski definition) is 5. The van der Waals surface area contributed by atoms with Gasteiger partial charge in [0.25, 0.3) is 0 Å². The van der Waals surface area contributed by atoms with E-state index in [4.69, 9.17) is 11.6 Å². The first-order valence-electron chi connectivity index (χ1n) is 6.53. The molecule has 2 heterocycles. The zero-order valence-corrected chi connectivity index (χ0v) is 12.3. The van der Waals surface area contributed by atoms with Crippen molar-refractivity contribution in [3.05, 3.63) is 21.8 Å². The van der Waals surface area contributed by atoms with Gasteiger partial charge in [-0.05, 0) is 25.7 Å². The molecule has 0 saturated carbocycles. The van der Waals surface area contributed by atoms with Gasteiger partial charge in [0.1, 0.15) is 10.2 Å². The monoisotopic (exact) mass is 294 g/mol. The molecule has 0 atom stereocenters. The van der Waals surface area contributed by atoms with Crippen molar-refractivity contribution in [3.63, 3.8) is 0 Å². The van der Waals surface area contributed by atoms with Crippen LogP contribution in [0.4, 0.5) is 5.82 Å². The van der Waals surface area contributed by atoms with Gasteiger partial charge in [0.05, 0.1) is 6.20 Å². The number of thiazole rings is 1. The van der Waals surface area contributed by atoms with E-state index in [1.54, 1.807) is 6.20 Å². The van der Waals surface area contributed by atoms with E-state index in [1.807, 2.05) is 0 Å². The second-order valence-electron chi connectivity index (χ2n) is 4.57. The number of anilines is 1. The smallest absolute Gasteiger partial charge is 0.190 e. The number of nitrogens with one attached hydrogen (secondary N) is 1. The van der Waals surface area contributed by atoms with Crippen LogP contribution in [0, 0.1) is 0 Å². The summed E-state index contributed by atoms with van der Waals surface area (Å²) in [6, 6.07) is 0. The Hall–Kier alpha value is -1.20. The Kier molecular flexibility index (Phi) is 3.66. The number of aryl methyl sites for hydroxylation is 1. The molecule has 19 heavy (non-hydrogen) atoms. The van der Waals surface area contributed by atoms with Gasteiger partial charge in [0, 0.05) is 17.8 Å². The minimum absolute atomic E-state index is 0.669. The molecule has 2 aromatic heterocycles. The quantitative estimate of drug-likeness (QED) is 0.936. The van der Waals surface area contributed by atoms with Crippen molar-refractivity contribution in [3.8, 4) is 10.8 Å². The molecule has 0 unspecified atom stereocenters. The molecule has 100 valence electrons. The van der Waals surface area contributed by atoms with Crippen LogP contribution in [0.3, 0.4) is 0 Å². The largest absolute Gasteiger partial charge is 0.370 e. The van der Waals surface area contributed by atoms with Crippen molar-refractivity contribution in [1.29, 1.82) is 0 Å². The molecular formula is C13H15ClN4S. The first-order chi connectivity index (χ1) is 9.28. The van der Waals surface area contributed by atoms with E-state index in [-0.39, 0.29) is 0 Å². The zero-order valence-electron chi connectivity index (χ0n) is 10.7. The normalized spacial score (nSPS) is 13.6. The number of hydrogen-bond donors (Lipinski definition) is 1. The summed E-state index contributed by atoms with van der Waals surface area (Å²) in [5, 5.41) is 4.20. The average molecular weight is 295 g/mol. The first-order valence-corrected chi connectivity index (χ1v) is 7.72. The lowest BCUT2D eigenvalue weighted by Crippen LogP contribution is -2.08. The van der Waals surface area contributed by atoms with Gasteiger partial charge in [0.2, 0.25) is 0 Å². The molecule has 0 aromatic carbocycles. The maximum absolute atomic E-state index is 5.94. The zero-order chi connectivity index (χ0) is 13.2. The van der Waals surface area contributed by atoms with Crippen LogP contribution in [0.2, 0.25) is 4.34 Å². The second kappa shape index (κ2) is 5.43. The predicted octanol–water partition coefficient (Wildman–Crippen LogP) is 3.56. The summed E-state index contributed by atoms with van der Waals surface area (Å²) in [7, 11) is 0. The lowest BCUT2D eigenvalue weighted by molar-refractivity contribution is 0.899. The standard InChI is InChI=1S/C13H15ClN4S/c1-2-6-15-11-8-4-3-5-9(8)17-12(18-11)13-16-7-10(14)19-13/h7H,2-6H2,1H3,(H,15,17,18).